The van der Waals surface area contributed by atoms with Crippen molar-refractivity contribution < 1.29 is 0 Å². The molecule has 0 amide bonds. The highest BCUT2D eigenvalue weighted by atomic mass is 14.3. The number of rotatable bonds is 0. The van der Waals surface area contributed by atoms with Crippen molar-refractivity contribution in [2.75, 3.05) is 0 Å². The topological polar surface area (TPSA) is 0 Å². The molecule has 0 bridgehead atoms. The van der Waals surface area contributed by atoms with Gasteiger partial charge in [-0.15, -0.1) is 0 Å². The van der Waals surface area contributed by atoms with Crippen molar-refractivity contribution in [2.45, 2.75) is 13.3 Å². The van der Waals surface area contributed by atoms with E-state index in [1.807, 2.05) is 0 Å². The highest BCUT2D eigenvalue weighted by molar-refractivity contribution is 4.83. The van der Waals surface area contributed by atoms with Crippen LogP contribution in [-0.2, 0) is 0 Å². The van der Waals surface area contributed by atoms with Crippen LogP contribution < -0.4 is 0 Å². The monoisotopic (exact) mass is 67.1 g/mol. The van der Waals surface area contributed by atoms with Gasteiger partial charge in [-0.25, -0.2) is 0 Å². The molecule has 0 spiro atoms. The van der Waals surface area contributed by atoms with E-state index in [4.69, 9.17) is 6.92 Å². The third-order valence-electron chi connectivity index (χ3n) is 1.11. The van der Waals surface area contributed by atoms with Crippen LogP contribution in [0.4, 0.5) is 0 Å². The molecule has 1 aliphatic carbocycles. The van der Waals surface area contributed by atoms with E-state index < -0.39 is 0 Å². The summed E-state index contributed by atoms with van der Waals surface area (Å²) in [6, 6.07) is 0. The zero-order valence-corrected chi connectivity index (χ0v) is 3.36. The second-order valence-corrected chi connectivity index (χ2v) is 1.82. The van der Waals surface area contributed by atoms with E-state index in [9.17, 15) is 0 Å². The normalized spacial score (nSPS) is 49.2. The van der Waals surface area contributed by atoms with E-state index >= 15 is 0 Å². The van der Waals surface area contributed by atoms with E-state index in [0.717, 1.165) is 12.3 Å². The second kappa shape index (κ2) is 0.735. The Balaban J connectivity index is 2.20. The summed E-state index contributed by atoms with van der Waals surface area (Å²) in [6.07, 6.45) is 1.14. The van der Waals surface area contributed by atoms with Crippen molar-refractivity contribution in [3.8, 4) is 0 Å². The van der Waals surface area contributed by atoms with E-state index in [0.29, 0.717) is 5.92 Å². The summed E-state index contributed by atoms with van der Waals surface area (Å²) in [5.74, 6) is 1.02. The molecule has 5 heavy (non-hydrogen) atoms. The molecular formula is C5H7. The molecule has 1 aliphatic rings. The van der Waals surface area contributed by atoms with Crippen LogP contribution in [0.1, 0.15) is 13.3 Å². The molecule has 0 heterocycles. The van der Waals surface area contributed by atoms with Gasteiger partial charge in [0, 0.05) is 0 Å². The van der Waals surface area contributed by atoms with E-state index in [1.165, 1.54) is 0 Å². The first-order chi connectivity index (χ1) is 2.30. The molecule has 0 nitrogen and oxygen atoms in total. The molecule has 2 atom stereocenters. The van der Waals surface area contributed by atoms with Crippen LogP contribution in [0.5, 0.6) is 0 Å². The van der Waals surface area contributed by atoms with Crippen molar-refractivity contribution >= 4 is 0 Å². The third-order valence-corrected chi connectivity index (χ3v) is 1.11. The molecule has 1 fully saturated rings. The van der Waals surface area contributed by atoms with Gasteiger partial charge in [-0.3, -0.25) is 0 Å². The maximum atomic E-state index is 6.90. The summed E-state index contributed by atoms with van der Waals surface area (Å²) in [5.41, 5.74) is 0. The summed E-state index contributed by atoms with van der Waals surface area (Å²) in [7, 11) is 0. The molecule has 0 aromatic rings. The average molecular weight is 67.1 g/mol. The molecule has 1 rings (SSSR count). The highest BCUT2D eigenvalue weighted by Gasteiger charge is 2.27. The predicted molar refractivity (Wildman–Crippen MR) is 20.5 cm³/mol. The fourth-order valence-corrected chi connectivity index (χ4v) is 0.322. The number of hydrogen-bond donors (Lipinski definition) is 0. The lowest BCUT2D eigenvalue weighted by Gasteiger charge is -1.65. The quantitative estimate of drug-likeness (QED) is 0.399. The molecule has 0 N–H and O–H groups in total. The third kappa shape index (κ3) is 0.444. The summed E-state index contributed by atoms with van der Waals surface area (Å²) < 4.78 is 0. The second-order valence-electron chi connectivity index (χ2n) is 1.82. The molecular weight excluding hydrogens is 60.1 g/mol. The first-order valence-electron chi connectivity index (χ1n) is 2.02. The molecule has 3 radical (unpaired) electrons. The van der Waals surface area contributed by atoms with Gasteiger partial charge in [0.05, 0.1) is 0 Å². The van der Waals surface area contributed by atoms with Crippen molar-refractivity contribution in [1.82, 2.24) is 0 Å². The van der Waals surface area contributed by atoms with E-state index in [2.05, 4.69) is 6.92 Å². The lowest BCUT2D eigenvalue weighted by Crippen LogP contribution is -1.59. The van der Waals surface area contributed by atoms with Crippen LogP contribution in [0.3, 0.4) is 0 Å². The maximum Gasteiger partial charge on any atom is -0.00538 e. The minimum Gasteiger partial charge on any atom is -0.0622 e. The Hall–Kier alpha value is 0. The van der Waals surface area contributed by atoms with Gasteiger partial charge in [0.2, 0.25) is 0 Å². The summed E-state index contributed by atoms with van der Waals surface area (Å²) in [5, 5.41) is 0. The van der Waals surface area contributed by atoms with Gasteiger partial charge in [0.15, 0.2) is 0 Å². The minimum absolute atomic E-state index is 0.301. The Kier molecular flexibility index (Phi) is 0.470. The fraction of sp³-hybridized carbons (Fsp3) is 0.800. The summed E-state index contributed by atoms with van der Waals surface area (Å²) in [4.78, 5) is 0. The first kappa shape index (κ1) is 3.20. The van der Waals surface area contributed by atoms with Gasteiger partial charge in [0.25, 0.3) is 0 Å². The van der Waals surface area contributed by atoms with Crippen molar-refractivity contribution in [3.05, 3.63) is 6.92 Å². The Morgan fingerprint density at radius 3 is 2.00 bits per heavy atom. The van der Waals surface area contributed by atoms with E-state index in [-0.39, 0.29) is 0 Å². The summed E-state index contributed by atoms with van der Waals surface area (Å²) in [6.45, 7) is 9.01. The maximum absolute atomic E-state index is 6.90. The van der Waals surface area contributed by atoms with Crippen LogP contribution in [0.2, 0.25) is 0 Å². The lowest BCUT2D eigenvalue weighted by molar-refractivity contribution is 0.897. The van der Waals surface area contributed by atoms with Crippen LogP contribution >= 0.6 is 0 Å². The molecule has 2 unspecified atom stereocenters. The Labute approximate surface area is 33.2 Å². The minimum atomic E-state index is 0.301. The zero-order valence-electron chi connectivity index (χ0n) is 3.36. The molecule has 0 aromatic carbocycles. The average Bonchev–Trinajstić information content (AvgIpc) is 1.79. The Morgan fingerprint density at radius 1 is 1.80 bits per heavy atom. The largest absolute Gasteiger partial charge is 0.0622 e. The summed E-state index contributed by atoms with van der Waals surface area (Å²) >= 11 is 0. The van der Waals surface area contributed by atoms with Crippen molar-refractivity contribution in [3.63, 3.8) is 0 Å². The molecule has 0 saturated heterocycles. The fourth-order valence-electron chi connectivity index (χ4n) is 0.322. The molecule has 1 saturated carbocycles. The van der Waals surface area contributed by atoms with Crippen molar-refractivity contribution in [1.29, 1.82) is 0 Å². The predicted octanol–water partition coefficient (Wildman–Crippen LogP) is 1.23. The first-order valence-corrected chi connectivity index (χ1v) is 2.02. The van der Waals surface area contributed by atoms with Crippen LogP contribution in [0, 0.1) is 18.8 Å². The molecule has 27 valence electrons. The molecule has 0 aromatic heterocycles. The lowest BCUT2D eigenvalue weighted by atomic mass is 10.4. The van der Waals surface area contributed by atoms with Crippen LogP contribution in [-0.4, -0.2) is 0 Å². The standard InChI is InChI=1S/C5H7/c1-4-3-5(4)2/h4-5H,3H2,1H3. The smallest absolute Gasteiger partial charge is 0.00538 e. The highest BCUT2D eigenvalue weighted by Crippen LogP contribution is 2.35. The Bertz CT molecular complexity index is 33.3. The van der Waals surface area contributed by atoms with Gasteiger partial charge < -0.3 is 0 Å². The van der Waals surface area contributed by atoms with Gasteiger partial charge in [-0.1, -0.05) is 6.92 Å². The molecule has 0 heteroatoms. The van der Waals surface area contributed by atoms with Gasteiger partial charge in [-0.2, -0.15) is 0 Å². The van der Waals surface area contributed by atoms with Crippen LogP contribution in [0.25, 0.3) is 0 Å². The van der Waals surface area contributed by atoms with Crippen LogP contribution in [0.15, 0.2) is 0 Å². The van der Waals surface area contributed by atoms with Gasteiger partial charge in [0.1, 0.15) is 0 Å². The molecule has 0 aliphatic heterocycles. The van der Waals surface area contributed by atoms with Crippen molar-refractivity contribution in [2.24, 2.45) is 11.8 Å². The van der Waals surface area contributed by atoms with E-state index in [1.54, 1.807) is 0 Å². The van der Waals surface area contributed by atoms with Gasteiger partial charge in [-0.05, 0) is 25.2 Å². The Morgan fingerprint density at radius 2 is 2.00 bits per heavy atom. The van der Waals surface area contributed by atoms with Gasteiger partial charge >= 0.3 is 0 Å². The number of hydrogen-bond acceptors (Lipinski definition) is 0. The SMILES string of the molecule is [C]C1CC1C. The zero-order chi connectivity index (χ0) is 3.86.